The van der Waals surface area contributed by atoms with Gasteiger partial charge in [-0.1, -0.05) is 0 Å². The zero-order valence-corrected chi connectivity index (χ0v) is 10.2. The lowest BCUT2D eigenvalue weighted by Crippen LogP contribution is -2.34. The van der Waals surface area contributed by atoms with Gasteiger partial charge in [0.25, 0.3) is 0 Å². The molecule has 2 rings (SSSR count). The average molecular weight is 252 g/mol. The van der Waals surface area contributed by atoms with Gasteiger partial charge in [0, 0.05) is 18.7 Å². The molecule has 2 N–H and O–H groups in total. The topological polar surface area (TPSA) is 92.3 Å². The van der Waals surface area contributed by atoms with Crippen LogP contribution in [0.1, 0.15) is 38.2 Å². The minimum Gasteiger partial charge on any atom is -0.393 e. The molecule has 1 heterocycles. The second-order valence-electron chi connectivity index (χ2n) is 4.71. The van der Waals surface area contributed by atoms with Gasteiger partial charge in [-0.2, -0.15) is 5.10 Å². The lowest BCUT2D eigenvalue weighted by molar-refractivity contribution is -0.163. The van der Waals surface area contributed by atoms with E-state index in [4.69, 9.17) is 0 Å². The van der Waals surface area contributed by atoms with Gasteiger partial charge in [-0.25, -0.2) is 0 Å². The van der Waals surface area contributed by atoms with Gasteiger partial charge < -0.3 is 9.84 Å². The van der Waals surface area contributed by atoms with E-state index in [1.54, 1.807) is 12.4 Å². The van der Waals surface area contributed by atoms with Gasteiger partial charge in [-0.3, -0.25) is 14.7 Å². The summed E-state index contributed by atoms with van der Waals surface area (Å²) in [6, 6.07) is 0. The zero-order chi connectivity index (χ0) is 13.2. The fourth-order valence-electron chi connectivity index (χ4n) is 2.35. The monoisotopic (exact) mass is 252 g/mol. The first-order valence-electron chi connectivity index (χ1n) is 5.95. The molecule has 0 radical (unpaired) electrons. The number of aromatic nitrogens is 2. The maximum absolute atomic E-state index is 11.6. The highest BCUT2D eigenvalue weighted by Gasteiger charge is 2.38. The molecule has 0 amide bonds. The molecule has 98 valence electrons. The average Bonchev–Trinajstić information content (AvgIpc) is 2.83. The van der Waals surface area contributed by atoms with E-state index in [1.165, 1.54) is 6.92 Å². The molecule has 0 aliphatic heterocycles. The van der Waals surface area contributed by atoms with Crippen LogP contribution in [0, 0.1) is 5.92 Å². The van der Waals surface area contributed by atoms with Crippen molar-refractivity contribution in [2.45, 2.75) is 38.2 Å². The number of carbonyl (C=O) groups excluding carboxylic acids is 2. The molecule has 0 atom stereocenters. The molecule has 1 aliphatic rings. The van der Waals surface area contributed by atoms with E-state index in [1.807, 2.05) is 0 Å². The molecule has 1 aliphatic carbocycles. The van der Waals surface area contributed by atoms with Crippen LogP contribution in [0.4, 0.5) is 0 Å². The number of ether oxygens (including phenoxy) is 1. The fourth-order valence-corrected chi connectivity index (χ4v) is 2.35. The molecule has 1 fully saturated rings. The minimum atomic E-state index is -0.931. The molecule has 1 aromatic rings. The Morgan fingerprint density at radius 3 is 2.67 bits per heavy atom. The Morgan fingerprint density at radius 2 is 2.17 bits per heavy atom. The Bertz CT molecular complexity index is 433. The molecule has 1 saturated carbocycles. The standard InChI is InChI=1S/C12H16N2O4/c1-8(15)18-11(16)9-2-4-12(17,5-3-9)10-6-13-14-7-10/h6-7,9,17H,2-5H2,1H3,(H,13,14). The van der Waals surface area contributed by atoms with Crippen LogP contribution in [0.5, 0.6) is 0 Å². The molecule has 0 aromatic carbocycles. The van der Waals surface area contributed by atoms with E-state index in [2.05, 4.69) is 14.9 Å². The van der Waals surface area contributed by atoms with Crippen molar-refractivity contribution in [2.24, 2.45) is 5.92 Å². The third kappa shape index (κ3) is 2.59. The molecule has 6 nitrogen and oxygen atoms in total. The van der Waals surface area contributed by atoms with E-state index in [0.717, 1.165) is 5.56 Å². The highest BCUT2D eigenvalue weighted by atomic mass is 16.6. The molecular weight excluding hydrogens is 236 g/mol. The van der Waals surface area contributed by atoms with Crippen molar-refractivity contribution in [1.82, 2.24) is 10.2 Å². The number of nitrogens with one attached hydrogen (secondary N) is 1. The molecule has 0 unspecified atom stereocenters. The number of aliphatic hydroxyl groups is 1. The second kappa shape index (κ2) is 4.89. The SMILES string of the molecule is CC(=O)OC(=O)C1CCC(O)(c2cn[nH]c2)CC1. The van der Waals surface area contributed by atoms with Crippen molar-refractivity contribution in [3.63, 3.8) is 0 Å². The molecule has 0 bridgehead atoms. The third-order valence-corrected chi connectivity index (χ3v) is 3.43. The highest BCUT2D eigenvalue weighted by molar-refractivity contribution is 5.85. The van der Waals surface area contributed by atoms with Crippen LogP contribution in [-0.4, -0.2) is 27.2 Å². The molecule has 1 aromatic heterocycles. The van der Waals surface area contributed by atoms with E-state index >= 15 is 0 Å². The van der Waals surface area contributed by atoms with Crippen molar-refractivity contribution in [3.8, 4) is 0 Å². The third-order valence-electron chi connectivity index (χ3n) is 3.43. The summed E-state index contributed by atoms with van der Waals surface area (Å²) >= 11 is 0. The predicted octanol–water partition coefficient (Wildman–Crippen LogP) is 0.877. The van der Waals surface area contributed by atoms with Crippen LogP contribution < -0.4 is 0 Å². The molecule has 6 heteroatoms. The van der Waals surface area contributed by atoms with Gasteiger partial charge in [0.1, 0.15) is 0 Å². The summed E-state index contributed by atoms with van der Waals surface area (Å²) in [7, 11) is 0. The van der Waals surface area contributed by atoms with Crippen LogP contribution in [0.2, 0.25) is 0 Å². The minimum absolute atomic E-state index is 0.305. The van der Waals surface area contributed by atoms with Crippen LogP contribution in [0.15, 0.2) is 12.4 Å². The van der Waals surface area contributed by atoms with Gasteiger partial charge in [0.05, 0.1) is 17.7 Å². The lowest BCUT2D eigenvalue weighted by Gasteiger charge is -2.34. The van der Waals surface area contributed by atoms with Crippen molar-refractivity contribution in [2.75, 3.05) is 0 Å². The Kier molecular flexibility index (Phi) is 3.47. The highest BCUT2D eigenvalue weighted by Crippen LogP contribution is 2.39. The number of rotatable bonds is 2. The quantitative estimate of drug-likeness (QED) is 0.602. The molecule has 18 heavy (non-hydrogen) atoms. The van der Waals surface area contributed by atoms with E-state index < -0.39 is 17.5 Å². The number of aromatic amines is 1. The molecular formula is C12H16N2O4. The largest absolute Gasteiger partial charge is 0.393 e. The normalized spacial score (nSPS) is 27.8. The first-order valence-corrected chi connectivity index (χ1v) is 5.95. The summed E-state index contributed by atoms with van der Waals surface area (Å²) in [5, 5.41) is 16.9. The van der Waals surface area contributed by atoms with E-state index in [0.29, 0.717) is 25.7 Å². The number of hydrogen-bond donors (Lipinski definition) is 2. The van der Waals surface area contributed by atoms with Crippen molar-refractivity contribution in [3.05, 3.63) is 18.0 Å². The summed E-state index contributed by atoms with van der Waals surface area (Å²) in [6.07, 6.45) is 5.19. The summed E-state index contributed by atoms with van der Waals surface area (Å²) in [6.45, 7) is 1.21. The Hall–Kier alpha value is -1.69. The number of H-pyrrole nitrogens is 1. The van der Waals surface area contributed by atoms with Gasteiger partial charge in [-0.15, -0.1) is 0 Å². The number of nitrogens with zero attached hydrogens (tertiary/aromatic N) is 1. The van der Waals surface area contributed by atoms with Crippen LogP contribution in [-0.2, 0) is 19.9 Å². The number of esters is 2. The summed E-state index contributed by atoms with van der Waals surface area (Å²) in [5.74, 6) is -1.38. The Morgan fingerprint density at radius 1 is 1.50 bits per heavy atom. The smallest absolute Gasteiger partial charge is 0.316 e. The summed E-state index contributed by atoms with van der Waals surface area (Å²) in [4.78, 5) is 22.3. The Balaban J connectivity index is 1.96. The number of hydrogen-bond acceptors (Lipinski definition) is 5. The van der Waals surface area contributed by atoms with Crippen molar-refractivity contribution >= 4 is 11.9 Å². The number of carbonyl (C=O) groups is 2. The molecule has 0 saturated heterocycles. The predicted molar refractivity (Wildman–Crippen MR) is 61.2 cm³/mol. The molecule has 0 spiro atoms. The van der Waals surface area contributed by atoms with Gasteiger partial charge in [-0.05, 0) is 25.7 Å². The summed E-state index contributed by atoms with van der Waals surface area (Å²) < 4.78 is 4.57. The van der Waals surface area contributed by atoms with E-state index in [-0.39, 0.29) is 5.92 Å². The summed E-state index contributed by atoms with van der Waals surface area (Å²) in [5.41, 5.74) is -0.194. The van der Waals surface area contributed by atoms with Crippen LogP contribution in [0.3, 0.4) is 0 Å². The lowest BCUT2D eigenvalue weighted by atomic mass is 9.76. The van der Waals surface area contributed by atoms with Crippen molar-refractivity contribution < 1.29 is 19.4 Å². The fraction of sp³-hybridized carbons (Fsp3) is 0.583. The van der Waals surface area contributed by atoms with Crippen LogP contribution >= 0.6 is 0 Å². The second-order valence-corrected chi connectivity index (χ2v) is 4.71. The maximum Gasteiger partial charge on any atom is 0.316 e. The van der Waals surface area contributed by atoms with Gasteiger partial charge in [0.15, 0.2) is 0 Å². The van der Waals surface area contributed by atoms with E-state index in [9.17, 15) is 14.7 Å². The van der Waals surface area contributed by atoms with Gasteiger partial charge >= 0.3 is 11.9 Å². The van der Waals surface area contributed by atoms with Gasteiger partial charge in [0.2, 0.25) is 0 Å². The first kappa shape index (κ1) is 12.8. The van der Waals surface area contributed by atoms with Crippen molar-refractivity contribution in [1.29, 1.82) is 0 Å². The zero-order valence-electron chi connectivity index (χ0n) is 10.2. The Labute approximate surface area is 104 Å². The van der Waals surface area contributed by atoms with Crippen LogP contribution in [0.25, 0.3) is 0 Å². The maximum atomic E-state index is 11.6. The first-order chi connectivity index (χ1) is 8.51.